The van der Waals surface area contributed by atoms with Gasteiger partial charge in [0.2, 0.25) is 0 Å². The van der Waals surface area contributed by atoms with Gasteiger partial charge in [0.25, 0.3) is 5.91 Å². The molecule has 5 heteroatoms. The first-order chi connectivity index (χ1) is 11.3. The van der Waals surface area contributed by atoms with Crippen LogP contribution in [-0.4, -0.2) is 23.2 Å². The molecule has 0 saturated carbocycles. The number of benzene rings is 2. The van der Waals surface area contributed by atoms with E-state index in [1.54, 1.807) is 30.3 Å². The molecule has 0 aliphatic carbocycles. The summed E-state index contributed by atoms with van der Waals surface area (Å²) in [6.07, 6.45) is 1.32. The van der Waals surface area contributed by atoms with Crippen molar-refractivity contribution in [2.75, 3.05) is 0 Å². The number of carboxylic acid groups (broad SMARTS) is 1. The summed E-state index contributed by atoms with van der Waals surface area (Å²) in [4.78, 5) is 23.2. The number of aromatic carboxylic acids is 1. The average molecular weight is 324 g/mol. The van der Waals surface area contributed by atoms with Gasteiger partial charge in [0.15, 0.2) is 0 Å². The summed E-state index contributed by atoms with van der Waals surface area (Å²) < 4.78 is 0. The van der Waals surface area contributed by atoms with Gasteiger partial charge in [-0.2, -0.15) is 5.10 Å². The highest BCUT2D eigenvalue weighted by Gasteiger charge is 2.14. The van der Waals surface area contributed by atoms with E-state index in [4.69, 9.17) is 5.11 Å². The van der Waals surface area contributed by atoms with Gasteiger partial charge >= 0.3 is 5.97 Å². The minimum absolute atomic E-state index is 0.0215. The lowest BCUT2D eigenvalue weighted by Gasteiger charge is -2.18. The number of amides is 1. The SMILES string of the molecule is CC(C)(C)c1ccc(C(=O)NN=Cc2ccccc2C(=O)O)cc1. The lowest BCUT2D eigenvalue weighted by Crippen LogP contribution is -2.18. The number of carboxylic acids is 1. The number of rotatable bonds is 4. The smallest absolute Gasteiger partial charge is 0.336 e. The molecule has 5 nitrogen and oxygen atoms in total. The molecule has 2 aromatic carbocycles. The number of hydrogen-bond acceptors (Lipinski definition) is 3. The molecule has 2 rings (SSSR count). The van der Waals surface area contributed by atoms with Gasteiger partial charge in [-0.05, 0) is 29.2 Å². The Bertz CT molecular complexity index is 772. The van der Waals surface area contributed by atoms with E-state index in [1.807, 2.05) is 12.1 Å². The van der Waals surface area contributed by atoms with E-state index in [-0.39, 0.29) is 16.9 Å². The van der Waals surface area contributed by atoms with E-state index >= 15 is 0 Å². The van der Waals surface area contributed by atoms with Crippen LogP contribution in [0.15, 0.2) is 53.6 Å². The zero-order valence-corrected chi connectivity index (χ0v) is 13.9. The molecule has 0 bridgehead atoms. The Morgan fingerprint density at radius 3 is 2.25 bits per heavy atom. The minimum Gasteiger partial charge on any atom is -0.478 e. The van der Waals surface area contributed by atoms with Gasteiger partial charge in [-0.3, -0.25) is 4.79 Å². The van der Waals surface area contributed by atoms with Crippen LogP contribution in [-0.2, 0) is 5.41 Å². The molecule has 0 radical (unpaired) electrons. The van der Waals surface area contributed by atoms with Gasteiger partial charge in [0, 0.05) is 11.1 Å². The van der Waals surface area contributed by atoms with Gasteiger partial charge < -0.3 is 5.11 Å². The van der Waals surface area contributed by atoms with Gasteiger partial charge in [-0.25, -0.2) is 10.2 Å². The summed E-state index contributed by atoms with van der Waals surface area (Å²) in [5, 5.41) is 12.9. The predicted octanol–water partition coefficient (Wildman–Crippen LogP) is 3.45. The van der Waals surface area contributed by atoms with Crippen molar-refractivity contribution in [2.24, 2.45) is 5.10 Å². The van der Waals surface area contributed by atoms with Crippen molar-refractivity contribution in [1.82, 2.24) is 5.43 Å². The van der Waals surface area contributed by atoms with Crippen molar-refractivity contribution >= 4 is 18.1 Å². The molecule has 0 aromatic heterocycles. The Balaban J connectivity index is 2.07. The second-order valence-corrected chi connectivity index (χ2v) is 6.42. The summed E-state index contributed by atoms with van der Waals surface area (Å²) in [7, 11) is 0. The molecular formula is C19H20N2O3. The highest BCUT2D eigenvalue weighted by Crippen LogP contribution is 2.22. The van der Waals surface area contributed by atoms with Crippen molar-refractivity contribution in [2.45, 2.75) is 26.2 Å². The predicted molar refractivity (Wildman–Crippen MR) is 93.6 cm³/mol. The fraction of sp³-hybridized carbons (Fsp3) is 0.211. The first-order valence-electron chi connectivity index (χ1n) is 7.55. The molecule has 1 amide bonds. The number of carbonyl (C=O) groups is 2. The molecule has 24 heavy (non-hydrogen) atoms. The van der Waals surface area contributed by atoms with Crippen molar-refractivity contribution < 1.29 is 14.7 Å². The summed E-state index contributed by atoms with van der Waals surface area (Å²) in [5.41, 5.74) is 4.61. The highest BCUT2D eigenvalue weighted by molar-refractivity contribution is 5.99. The van der Waals surface area contributed by atoms with Gasteiger partial charge in [0.05, 0.1) is 11.8 Å². The second-order valence-electron chi connectivity index (χ2n) is 6.42. The Hall–Kier alpha value is -2.95. The van der Waals surface area contributed by atoms with Crippen molar-refractivity contribution in [3.63, 3.8) is 0 Å². The lowest BCUT2D eigenvalue weighted by molar-refractivity contribution is 0.0696. The zero-order chi connectivity index (χ0) is 17.7. The van der Waals surface area contributed by atoms with Gasteiger partial charge in [-0.15, -0.1) is 0 Å². The van der Waals surface area contributed by atoms with Crippen LogP contribution >= 0.6 is 0 Å². The van der Waals surface area contributed by atoms with Crippen LogP contribution < -0.4 is 5.43 Å². The molecule has 0 fully saturated rings. The van der Waals surface area contributed by atoms with E-state index in [2.05, 4.69) is 31.3 Å². The van der Waals surface area contributed by atoms with E-state index in [9.17, 15) is 9.59 Å². The molecule has 2 N–H and O–H groups in total. The summed E-state index contributed by atoms with van der Waals surface area (Å²) in [5.74, 6) is -1.39. The monoisotopic (exact) mass is 324 g/mol. The van der Waals surface area contributed by atoms with Crippen LogP contribution in [0.4, 0.5) is 0 Å². The molecule has 0 aliphatic heterocycles. The third kappa shape index (κ3) is 4.29. The van der Waals surface area contributed by atoms with E-state index in [0.29, 0.717) is 11.1 Å². The first-order valence-corrected chi connectivity index (χ1v) is 7.55. The molecular weight excluding hydrogens is 304 g/mol. The zero-order valence-electron chi connectivity index (χ0n) is 13.9. The summed E-state index contributed by atoms with van der Waals surface area (Å²) in [6, 6.07) is 13.8. The average Bonchev–Trinajstić information content (AvgIpc) is 2.54. The van der Waals surface area contributed by atoms with Crippen LogP contribution in [0, 0.1) is 0 Å². The Morgan fingerprint density at radius 1 is 1.04 bits per heavy atom. The van der Waals surface area contributed by atoms with Crippen LogP contribution in [0.1, 0.15) is 52.6 Å². The van der Waals surface area contributed by atoms with E-state index in [1.165, 1.54) is 12.3 Å². The molecule has 0 saturated heterocycles. The molecule has 0 atom stereocenters. The molecule has 0 aliphatic rings. The maximum absolute atomic E-state index is 12.1. The quantitative estimate of drug-likeness (QED) is 0.668. The van der Waals surface area contributed by atoms with Crippen LogP contribution in [0.2, 0.25) is 0 Å². The van der Waals surface area contributed by atoms with Crippen molar-refractivity contribution in [3.05, 3.63) is 70.8 Å². The molecule has 0 unspecified atom stereocenters. The largest absolute Gasteiger partial charge is 0.478 e. The van der Waals surface area contributed by atoms with Crippen molar-refractivity contribution in [1.29, 1.82) is 0 Å². The number of nitrogens with one attached hydrogen (secondary N) is 1. The minimum atomic E-state index is -1.04. The molecule has 0 heterocycles. The second kappa shape index (κ2) is 7.08. The van der Waals surface area contributed by atoms with Crippen LogP contribution in [0.3, 0.4) is 0 Å². The van der Waals surface area contributed by atoms with Gasteiger partial charge in [-0.1, -0.05) is 51.1 Å². The third-order valence-electron chi connectivity index (χ3n) is 3.57. The number of carbonyl (C=O) groups excluding carboxylic acids is 1. The maximum atomic E-state index is 12.1. The summed E-state index contributed by atoms with van der Waals surface area (Å²) in [6.45, 7) is 6.31. The van der Waals surface area contributed by atoms with Crippen LogP contribution in [0.25, 0.3) is 0 Å². The first kappa shape index (κ1) is 17.4. The highest BCUT2D eigenvalue weighted by atomic mass is 16.4. The van der Waals surface area contributed by atoms with E-state index in [0.717, 1.165) is 5.56 Å². The Morgan fingerprint density at radius 2 is 1.67 bits per heavy atom. The molecule has 124 valence electrons. The lowest BCUT2D eigenvalue weighted by atomic mass is 9.87. The molecule has 2 aromatic rings. The third-order valence-corrected chi connectivity index (χ3v) is 3.57. The van der Waals surface area contributed by atoms with Gasteiger partial charge in [0.1, 0.15) is 0 Å². The maximum Gasteiger partial charge on any atom is 0.336 e. The fourth-order valence-corrected chi connectivity index (χ4v) is 2.15. The van der Waals surface area contributed by atoms with E-state index < -0.39 is 5.97 Å². The summed E-state index contributed by atoms with van der Waals surface area (Å²) >= 11 is 0. The Kier molecular flexibility index (Phi) is 5.14. The van der Waals surface area contributed by atoms with Crippen LogP contribution in [0.5, 0.6) is 0 Å². The number of hydrogen-bond donors (Lipinski definition) is 2. The molecule has 0 spiro atoms. The number of nitrogens with zero attached hydrogens (tertiary/aromatic N) is 1. The fourth-order valence-electron chi connectivity index (χ4n) is 2.15. The number of hydrazone groups is 1. The van der Waals surface area contributed by atoms with Crippen molar-refractivity contribution in [3.8, 4) is 0 Å². The Labute approximate surface area is 141 Å². The normalized spacial score (nSPS) is 11.5. The topological polar surface area (TPSA) is 78.8 Å². The standard InChI is InChI=1S/C19H20N2O3/c1-19(2,3)15-10-8-13(9-11-15)17(22)21-20-12-14-6-4-5-7-16(14)18(23)24/h4-12H,1-3H3,(H,21,22)(H,23,24).